The zero-order chi connectivity index (χ0) is 20.0. The highest BCUT2D eigenvalue weighted by atomic mass is 19.1. The summed E-state index contributed by atoms with van der Waals surface area (Å²) in [5, 5.41) is 15.0. The molecule has 3 N–H and O–H groups in total. The molecule has 2 aromatic carbocycles. The van der Waals surface area contributed by atoms with Crippen LogP contribution >= 0.6 is 0 Å². The number of hydrogen-bond donors (Lipinski definition) is 3. The molecule has 0 aromatic heterocycles. The van der Waals surface area contributed by atoms with E-state index in [2.05, 4.69) is 10.6 Å². The maximum Gasteiger partial charge on any atom is 0.296 e. The third-order valence-electron chi connectivity index (χ3n) is 3.54. The number of nitrogens with one attached hydrogen (secondary N) is 2. The van der Waals surface area contributed by atoms with Gasteiger partial charge in [0, 0.05) is 28.9 Å². The molecule has 140 valence electrons. The fourth-order valence-corrected chi connectivity index (χ4v) is 2.05. The van der Waals surface area contributed by atoms with Gasteiger partial charge < -0.3 is 15.7 Å². The van der Waals surface area contributed by atoms with Crippen LogP contribution in [-0.4, -0.2) is 22.7 Å². The van der Waals surface area contributed by atoms with Crippen molar-refractivity contribution < 1.29 is 23.9 Å². The monoisotopic (exact) mass is 370 g/mol. The third-order valence-corrected chi connectivity index (χ3v) is 3.54. The number of anilines is 2. The van der Waals surface area contributed by atoms with Crippen LogP contribution in [-0.2, 0) is 14.4 Å². The van der Waals surface area contributed by atoms with E-state index in [1.807, 2.05) is 0 Å². The number of hydrogen-bond acceptors (Lipinski definition) is 4. The minimum Gasteiger partial charge on any atom is -0.507 e. The van der Waals surface area contributed by atoms with Crippen molar-refractivity contribution in [2.24, 2.45) is 5.92 Å². The van der Waals surface area contributed by atoms with Gasteiger partial charge in [-0.2, -0.15) is 0 Å². The first-order chi connectivity index (χ1) is 12.8. The van der Waals surface area contributed by atoms with Crippen molar-refractivity contribution in [1.82, 2.24) is 0 Å². The van der Waals surface area contributed by atoms with Crippen molar-refractivity contribution in [2.75, 3.05) is 10.6 Å². The van der Waals surface area contributed by atoms with Gasteiger partial charge in [0.05, 0.1) is 0 Å². The van der Waals surface area contributed by atoms with E-state index < -0.39 is 23.3 Å². The average Bonchev–Trinajstić information content (AvgIpc) is 2.62. The van der Waals surface area contributed by atoms with E-state index in [1.54, 1.807) is 32.0 Å². The van der Waals surface area contributed by atoms with Crippen molar-refractivity contribution in [2.45, 2.75) is 13.8 Å². The fraction of sp³-hybridized carbons (Fsp3) is 0.150. The summed E-state index contributed by atoms with van der Waals surface area (Å²) >= 11 is 0. The van der Waals surface area contributed by atoms with E-state index in [9.17, 15) is 23.9 Å². The van der Waals surface area contributed by atoms with E-state index >= 15 is 0 Å². The minimum atomic E-state index is -0.978. The van der Waals surface area contributed by atoms with Crippen LogP contribution in [0.2, 0.25) is 0 Å². The van der Waals surface area contributed by atoms with Gasteiger partial charge in [-0.25, -0.2) is 4.39 Å². The number of aliphatic hydroxyl groups excluding tert-OH is 1. The van der Waals surface area contributed by atoms with Gasteiger partial charge in [-0.3, -0.25) is 14.4 Å². The molecule has 0 aliphatic carbocycles. The summed E-state index contributed by atoms with van der Waals surface area (Å²) in [5.74, 6) is -3.26. The normalized spacial score (nSPS) is 11.2. The minimum absolute atomic E-state index is 0.179. The molecular weight excluding hydrogens is 351 g/mol. The summed E-state index contributed by atoms with van der Waals surface area (Å²) < 4.78 is 12.9. The molecule has 0 atom stereocenters. The van der Waals surface area contributed by atoms with Gasteiger partial charge in [0.1, 0.15) is 11.6 Å². The lowest BCUT2D eigenvalue weighted by Crippen LogP contribution is -2.21. The second-order valence-electron chi connectivity index (χ2n) is 6.08. The van der Waals surface area contributed by atoms with Gasteiger partial charge in [0.25, 0.3) is 5.91 Å². The second-order valence-corrected chi connectivity index (χ2v) is 6.08. The van der Waals surface area contributed by atoms with E-state index in [0.29, 0.717) is 11.4 Å². The predicted molar refractivity (Wildman–Crippen MR) is 101 cm³/mol. The number of amides is 2. The number of rotatable bonds is 6. The number of carbonyl (C=O) groups excluding carboxylic acids is 3. The SMILES string of the molecule is CC(C)C(=O)Nc1cccc(NC(=O)C(=O)C=C(O)c2ccc(F)cc2)c1. The van der Waals surface area contributed by atoms with Gasteiger partial charge >= 0.3 is 0 Å². The number of halogens is 1. The summed E-state index contributed by atoms with van der Waals surface area (Å²) in [6.07, 6.45) is 0.757. The van der Waals surface area contributed by atoms with Crippen LogP contribution in [0.4, 0.5) is 15.8 Å². The van der Waals surface area contributed by atoms with Crippen molar-refractivity contribution >= 4 is 34.7 Å². The lowest BCUT2D eigenvalue weighted by molar-refractivity contribution is -0.131. The number of aliphatic hydroxyl groups is 1. The third kappa shape index (κ3) is 5.78. The van der Waals surface area contributed by atoms with Gasteiger partial charge in [0.2, 0.25) is 11.7 Å². The molecular formula is C20H19FN2O4. The van der Waals surface area contributed by atoms with Crippen LogP contribution in [0.3, 0.4) is 0 Å². The van der Waals surface area contributed by atoms with Crippen LogP contribution in [0.25, 0.3) is 5.76 Å². The molecule has 6 nitrogen and oxygen atoms in total. The van der Waals surface area contributed by atoms with Gasteiger partial charge in [-0.1, -0.05) is 19.9 Å². The predicted octanol–water partition coefficient (Wildman–Crippen LogP) is 3.53. The molecule has 7 heteroatoms. The first-order valence-corrected chi connectivity index (χ1v) is 8.19. The standard InChI is InChI=1S/C20H19FN2O4/c1-12(2)19(26)22-15-4-3-5-16(10-15)23-20(27)18(25)11-17(24)13-6-8-14(21)9-7-13/h3-12,24H,1-2H3,(H,22,26)(H,23,27). The van der Waals surface area contributed by atoms with Crippen LogP contribution < -0.4 is 10.6 Å². The zero-order valence-electron chi connectivity index (χ0n) is 14.8. The van der Waals surface area contributed by atoms with E-state index in [4.69, 9.17) is 0 Å². The Morgan fingerprint density at radius 3 is 2.19 bits per heavy atom. The van der Waals surface area contributed by atoms with Gasteiger partial charge in [-0.05, 0) is 42.5 Å². The first kappa shape index (κ1) is 19.8. The molecule has 0 heterocycles. The van der Waals surface area contributed by atoms with E-state index in [1.165, 1.54) is 18.2 Å². The molecule has 0 aliphatic heterocycles. The molecule has 2 amide bonds. The topological polar surface area (TPSA) is 95.5 Å². The summed E-state index contributed by atoms with van der Waals surface area (Å²) in [5.41, 5.74) is 0.990. The maximum atomic E-state index is 12.9. The molecule has 0 unspecified atom stereocenters. The van der Waals surface area contributed by atoms with Crippen LogP contribution in [0.1, 0.15) is 19.4 Å². The fourth-order valence-electron chi connectivity index (χ4n) is 2.05. The number of ketones is 1. The molecule has 0 fully saturated rings. The van der Waals surface area contributed by atoms with Crippen LogP contribution in [0, 0.1) is 11.7 Å². The lowest BCUT2D eigenvalue weighted by atomic mass is 10.1. The molecule has 0 bridgehead atoms. The summed E-state index contributed by atoms with van der Waals surface area (Å²) in [4.78, 5) is 35.7. The molecule has 0 radical (unpaired) electrons. The maximum absolute atomic E-state index is 12.9. The Kier molecular flexibility index (Phi) is 6.43. The summed E-state index contributed by atoms with van der Waals surface area (Å²) in [6.45, 7) is 3.50. The highest BCUT2D eigenvalue weighted by Gasteiger charge is 2.14. The Morgan fingerprint density at radius 2 is 1.59 bits per heavy atom. The van der Waals surface area contributed by atoms with Gasteiger partial charge in [0.15, 0.2) is 0 Å². The first-order valence-electron chi connectivity index (χ1n) is 8.19. The van der Waals surface area contributed by atoms with E-state index in [-0.39, 0.29) is 17.4 Å². The van der Waals surface area contributed by atoms with Crippen LogP contribution in [0.5, 0.6) is 0 Å². The van der Waals surface area contributed by atoms with Crippen molar-refractivity contribution in [3.05, 3.63) is 66.0 Å². The molecule has 0 saturated heterocycles. The Bertz CT molecular complexity index is 889. The molecule has 0 aliphatic rings. The molecule has 0 spiro atoms. The zero-order valence-corrected chi connectivity index (χ0v) is 14.8. The number of benzene rings is 2. The van der Waals surface area contributed by atoms with Crippen molar-refractivity contribution in [3.8, 4) is 0 Å². The Balaban J connectivity index is 2.05. The largest absolute Gasteiger partial charge is 0.507 e. The highest BCUT2D eigenvalue weighted by molar-refractivity contribution is 6.45. The second kappa shape index (κ2) is 8.75. The summed E-state index contributed by atoms with van der Waals surface area (Å²) in [6, 6.07) is 11.1. The highest BCUT2D eigenvalue weighted by Crippen LogP contribution is 2.17. The smallest absolute Gasteiger partial charge is 0.296 e. The lowest BCUT2D eigenvalue weighted by Gasteiger charge is -2.09. The quantitative estimate of drug-likeness (QED) is 0.412. The Morgan fingerprint density at radius 1 is 1.00 bits per heavy atom. The molecule has 2 aromatic rings. The Labute approximate surface area is 155 Å². The Hall–Kier alpha value is -3.48. The van der Waals surface area contributed by atoms with Crippen molar-refractivity contribution in [3.63, 3.8) is 0 Å². The molecule has 27 heavy (non-hydrogen) atoms. The average molecular weight is 370 g/mol. The number of carbonyl (C=O) groups is 3. The van der Waals surface area contributed by atoms with Crippen molar-refractivity contribution in [1.29, 1.82) is 0 Å². The summed E-state index contributed by atoms with van der Waals surface area (Å²) in [7, 11) is 0. The molecule has 0 saturated carbocycles. The van der Waals surface area contributed by atoms with E-state index in [0.717, 1.165) is 18.2 Å². The van der Waals surface area contributed by atoms with Crippen LogP contribution in [0.15, 0.2) is 54.6 Å². The van der Waals surface area contributed by atoms with Gasteiger partial charge in [-0.15, -0.1) is 0 Å². The molecule has 2 rings (SSSR count).